The molecular weight excluding hydrogens is 222 g/mol. The highest BCUT2D eigenvalue weighted by Gasteiger charge is 2.06. The summed E-state index contributed by atoms with van der Waals surface area (Å²) in [6.07, 6.45) is 1.96. The van der Waals surface area contributed by atoms with Gasteiger partial charge < -0.3 is 0 Å². The van der Waals surface area contributed by atoms with Gasteiger partial charge in [0.25, 0.3) is 0 Å². The van der Waals surface area contributed by atoms with E-state index in [1.165, 1.54) is 5.56 Å². The minimum atomic E-state index is 0.900. The van der Waals surface area contributed by atoms with Crippen LogP contribution in [-0.4, -0.2) is 15.0 Å². The second kappa shape index (κ2) is 4.45. The second-order valence-corrected chi connectivity index (χ2v) is 4.20. The summed E-state index contributed by atoms with van der Waals surface area (Å²) < 4.78 is 1.79. The Morgan fingerprint density at radius 3 is 2.39 bits per heavy atom. The number of hydrogen-bond donors (Lipinski definition) is 0. The average molecular weight is 235 g/mol. The molecule has 0 bridgehead atoms. The van der Waals surface area contributed by atoms with Crippen molar-refractivity contribution in [2.75, 3.05) is 0 Å². The van der Waals surface area contributed by atoms with Crippen molar-refractivity contribution in [2.45, 2.75) is 6.92 Å². The SMILES string of the molecule is Cc1ccccc1-c1cn(-c2ccccc2)nn1. The fraction of sp³-hybridized carbons (Fsp3) is 0.0667. The molecule has 0 aliphatic carbocycles. The number of para-hydroxylation sites is 1. The van der Waals surface area contributed by atoms with E-state index < -0.39 is 0 Å². The number of hydrogen-bond acceptors (Lipinski definition) is 2. The summed E-state index contributed by atoms with van der Waals surface area (Å²) in [6, 6.07) is 18.2. The first kappa shape index (κ1) is 10.7. The summed E-state index contributed by atoms with van der Waals surface area (Å²) in [7, 11) is 0. The van der Waals surface area contributed by atoms with E-state index in [0.29, 0.717) is 0 Å². The van der Waals surface area contributed by atoms with Crippen molar-refractivity contribution in [3.05, 3.63) is 66.4 Å². The second-order valence-electron chi connectivity index (χ2n) is 4.20. The standard InChI is InChI=1S/C15H13N3/c1-12-7-5-6-10-14(12)15-11-18(17-16-15)13-8-3-2-4-9-13/h2-11H,1H3. The van der Waals surface area contributed by atoms with Crippen molar-refractivity contribution in [2.24, 2.45) is 0 Å². The molecule has 0 amide bonds. The Kier molecular flexibility index (Phi) is 2.65. The largest absolute Gasteiger partial charge is 0.220 e. The summed E-state index contributed by atoms with van der Waals surface area (Å²) >= 11 is 0. The molecule has 88 valence electrons. The van der Waals surface area contributed by atoms with Crippen LogP contribution < -0.4 is 0 Å². The number of benzene rings is 2. The van der Waals surface area contributed by atoms with E-state index in [1.807, 2.05) is 48.7 Å². The molecule has 0 fully saturated rings. The van der Waals surface area contributed by atoms with Crippen LogP contribution in [0, 0.1) is 6.92 Å². The fourth-order valence-corrected chi connectivity index (χ4v) is 1.95. The third-order valence-electron chi connectivity index (χ3n) is 2.94. The maximum atomic E-state index is 4.24. The molecule has 0 aliphatic heterocycles. The molecule has 0 aliphatic rings. The molecule has 0 N–H and O–H groups in total. The molecule has 0 saturated heterocycles. The number of aryl methyl sites for hydroxylation is 1. The summed E-state index contributed by atoms with van der Waals surface area (Å²) in [6.45, 7) is 2.08. The number of aromatic nitrogens is 3. The molecule has 3 aromatic rings. The van der Waals surface area contributed by atoms with Crippen LogP contribution in [0.4, 0.5) is 0 Å². The highest BCUT2D eigenvalue weighted by atomic mass is 15.4. The minimum Gasteiger partial charge on any atom is -0.220 e. The van der Waals surface area contributed by atoms with Gasteiger partial charge in [0.2, 0.25) is 0 Å². The molecule has 0 spiro atoms. The van der Waals surface area contributed by atoms with Crippen molar-refractivity contribution in [3.8, 4) is 16.9 Å². The van der Waals surface area contributed by atoms with Gasteiger partial charge in [0.15, 0.2) is 0 Å². The van der Waals surface area contributed by atoms with E-state index >= 15 is 0 Å². The van der Waals surface area contributed by atoms with Gasteiger partial charge in [0, 0.05) is 5.56 Å². The highest BCUT2D eigenvalue weighted by molar-refractivity contribution is 5.62. The Morgan fingerprint density at radius 1 is 0.889 bits per heavy atom. The predicted octanol–water partition coefficient (Wildman–Crippen LogP) is 3.24. The van der Waals surface area contributed by atoms with Gasteiger partial charge >= 0.3 is 0 Å². The van der Waals surface area contributed by atoms with Gasteiger partial charge in [-0.05, 0) is 24.6 Å². The number of rotatable bonds is 2. The van der Waals surface area contributed by atoms with E-state index in [4.69, 9.17) is 0 Å². The lowest BCUT2D eigenvalue weighted by atomic mass is 10.1. The maximum absolute atomic E-state index is 4.24. The van der Waals surface area contributed by atoms with Crippen molar-refractivity contribution >= 4 is 0 Å². The molecule has 3 rings (SSSR count). The van der Waals surface area contributed by atoms with Crippen molar-refractivity contribution in [3.63, 3.8) is 0 Å². The lowest BCUT2D eigenvalue weighted by Crippen LogP contribution is -1.93. The molecule has 0 unspecified atom stereocenters. The zero-order valence-electron chi connectivity index (χ0n) is 10.1. The molecule has 0 atom stereocenters. The van der Waals surface area contributed by atoms with Crippen LogP contribution in [0.5, 0.6) is 0 Å². The lowest BCUT2D eigenvalue weighted by Gasteiger charge is -2.00. The van der Waals surface area contributed by atoms with Gasteiger partial charge in [-0.25, -0.2) is 4.68 Å². The zero-order chi connectivity index (χ0) is 12.4. The Hall–Kier alpha value is -2.42. The third-order valence-corrected chi connectivity index (χ3v) is 2.94. The molecular formula is C15H13N3. The predicted molar refractivity (Wildman–Crippen MR) is 71.5 cm³/mol. The topological polar surface area (TPSA) is 30.7 Å². The van der Waals surface area contributed by atoms with Crippen LogP contribution in [-0.2, 0) is 0 Å². The number of nitrogens with zero attached hydrogens (tertiary/aromatic N) is 3. The molecule has 18 heavy (non-hydrogen) atoms. The van der Waals surface area contributed by atoms with E-state index in [1.54, 1.807) is 4.68 Å². The molecule has 3 nitrogen and oxygen atoms in total. The van der Waals surface area contributed by atoms with Crippen molar-refractivity contribution in [1.82, 2.24) is 15.0 Å². The molecule has 0 saturated carbocycles. The van der Waals surface area contributed by atoms with E-state index in [0.717, 1.165) is 16.9 Å². The van der Waals surface area contributed by atoms with Crippen LogP contribution in [0.3, 0.4) is 0 Å². The van der Waals surface area contributed by atoms with Crippen molar-refractivity contribution < 1.29 is 0 Å². The zero-order valence-corrected chi connectivity index (χ0v) is 10.1. The van der Waals surface area contributed by atoms with Gasteiger partial charge in [0.1, 0.15) is 5.69 Å². The smallest absolute Gasteiger partial charge is 0.113 e. The van der Waals surface area contributed by atoms with Gasteiger partial charge in [-0.1, -0.05) is 47.7 Å². The van der Waals surface area contributed by atoms with E-state index in [-0.39, 0.29) is 0 Å². The molecule has 1 heterocycles. The highest BCUT2D eigenvalue weighted by Crippen LogP contribution is 2.21. The Bertz CT molecular complexity index is 656. The Labute approximate surface area is 106 Å². The molecule has 3 heteroatoms. The quantitative estimate of drug-likeness (QED) is 0.682. The first-order valence-corrected chi connectivity index (χ1v) is 5.88. The molecule has 2 aromatic carbocycles. The Balaban J connectivity index is 2.03. The normalized spacial score (nSPS) is 10.5. The van der Waals surface area contributed by atoms with Crippen LogP contribution in [0.1, 0.15) is 5.56 Å². The van der Waals surface area contributed by atoms with Crippen molar-refractivity contribution in [1.29, 1.82) is 0 Å². The third kappa shape index (κ3) is 1.91. The van der Waals surface area contributed by atoms with Crippen LogP contribution in [0.2, 0.25) is 0 Å². The Morgan fingerprint density at radius 2 is 1.61 bits per heavy atom. The average Bonchev–Trinajstić information content (AvgIpc) is 2.90. The first-order chi connectivity index (χ1) is 8.84. The minimum absolute atomic E-state index is 0.900. The monoisotopic (exact) mass is 235 g/mol. The van der Waals surface area contributed by atoms with Crippen LogP contribution in [0.15, 0.2) is 60.8 Å². The summed E-state index contributed by atoms with van der Waals surface area (Å²) in [5.41, 5.74) is 4.25. The van der Waals surface area contributed by atoms with Gasteiger partial charge in [-0.2, -0.15) is 0 Å². The first-order valence-electron chi connectivity index (χ1n) is 5.88. The van der Waals surface area contributed by atoms with Gasteiger partial charge in [-0.15, -0.1) is 5.10 Å². The fourth-order valence-electron chi connectivity index (χ4n) is 1.95. The lowest BCUT2D eigenvalue weighted by molar-refractivity contribution is 0.804. The van der Waals surface area contributed by atoms with Gasteiger partial charge in [0.05, 0.1) is 11.9 Å². The van der Waals surface area contributed by atoms with Gasteiger partial charge in [-0.3, -0.25) is 0 Å². The molecule has 0 radical (unpaired) electrons. The summed E-state index contributed by atoms with van der Waals surface area (Å²) in [4.78, 5) is 0. The van der Waals surface area contributed by atoms with E-state index in [9.17, 15) is 0 Å². The summed E-state index contributed by atoms with van der Waals surface area (Å²) in [5.74, 6) is 0. The summed E-state index contributed by atoms with van der Waals surface area (Å²) in [5, 5.41) is 8.41. The van der Waals surface area contributed by atoms with Crippen LogP contribution >= 0.6 is 0 Å². The van der Waals surface area contributed by atoms with Crippen LogP contribution in [0.25, 0.3) is 16.9 Å². The van der Waals surface area contributed by atoms with E-state index in [2.05, 4.69) is 29.4 Å². The maximum Gasteiger partial charge on any atom is 0.113 e. The molecule has 1 aromatic heterocycles.